The Morgan fingerprint density at radius 2 is 1.81 bits per heavy atom. The quantitative estimate of drug-likeness (QED) is 0.801. The Hall–Kier alpha value is -2.62. The van der Waals surface area contributed by atoms with E-state index >= 15 is 0 Å². The van der Waals surface area contributed by atoms with E-state index < -0.39 is 0 Å². The number of carbonyl (C=O) groups excluding carboxylic acids is 2. The van der Waals surface area contributed by atoms with Crippen LogP contribution in [0.1, 0.15) is 31.8 Å². The summed E-state index contributed by atoms with van der Waals surface area (Å²) in [5.74, 6) is -0.241. The molecule has 4 heteroatoms. The molecule has 1 aliphatic carbocycles. The number of fused-ring (bicyclic) bond motifs is 1. The fourth-order valence-electron chi connectivity index (χ4n) is 2.23. The van der Waals surface area contributed by atoms with Crippen LogP contribution in [-0.4, -0.2) is 30.8 Å². The van der Waals surface area contributed by atoms with Gasteiger partial charge in [0.2, 0.25) is 0 Å². The van der Waals surface area contributed by atoms with Crippen LogP contribution in [-0.2, 0) is 6.42 Å². The normalized spacial score (nSPS) is 11.5. The zero-order chi connectivity index (χ0) is 15.0. The Labute approximate surface area is 123 Å². The van der Waals surface area contributed by atoms with Crippen molar-refractivity contribution in [2.45, 2.75) is 6.42 Å². The van der Waals surface area contributed by atoms with Crippen LogP contribution in [0.2, 0.25) is 0 Å². The summed E-state index contributed by atoms with van der Waals surface area (Å²) in [6.07, 6.45) is 0.986. The van der Waals surface area contributed by atoms with E-state index in [0.717, 1.165) is 6.42 Å². The summed E-state index contributed by atoms with van der Waals surface area (Å²) in [4.78, 5) is 25.6. The molecule has 106 valence electrons. The lowest BCUT2D eigenvalue weighted by Gasteiger charge is -2.11. The molecule has 2 aromatic rings. The van der Waals surface area contributed by atoms with Crippen LogP contribution < -0.4 is 5.32 Å². The zero-order valence-corrected chi connectivity index (χ0v) is 12.0. The second-order valence-corrected chi connectivity index (χ2v) is 5.39. The maximum Gasteiger partial charge on any atom is 0.255 e. The number of nitrogens with one attached hydrogen (secondary N) is 1. The van der Waals surface area contributed by atoms with Gasteiger partial charge in [0.05, 0.1) is 0 Å². The van der Waals surface area contributed by atoms with Gasteiger partial charge in [-0.05, 0) is 47.9 Å². The number of hydrogen-bond acceptors (Lipinski definition) is 2. The minimum absolute atomic E-state index is 0.0874. The smallest absolute Gasteiger partial charge is 0.255 e. The molecular formula is C17H16N2O2. The number of carbonyl (C=O) groups is 2. The molecule has 0 saturated heterocycles. The molecule has 0 bridgehead atoms. The summed E-state index contributed by atoms with van der Waals surface area (Å²) in [5.41, 5.74) is 4.37. The fourth-order valence-corrected chi connectivity index (χ4v) is 2.23. The Bertz CT molecular complexity index is 735. The van der Waals surface area contributed by atoms with E-state index in [1.807, 2.05) is 18.2 Å². The van der Waals surface area contributed by atoms with Crippen molar-refractivity contribution in [3.8, 4) is 0 Å². The van der Waals surface area contributed by atoms with Gasteiger partial charge in [0.15, 0.2) is 0 Å². The topological polar surface area (TPSA) is 49.4 Å². The van der Waals surface area contributed by atoms with Gasteiger partial charge in [-0.1, -0.05) is 12.1 Å². The molecule has 1 aliphatic rings. The summed E-state index contributed by atoms with van der Waals surface area (Å²) in [6, 6.07) is 12.7. The molecule has 0 spiro atoms. The standard InChI is InChI=1S/C17H16N2O2/c1-19(2)17(21)13-4-3-5-15(10-13)18-16(20)12-7-6-11-8-14(11)9-12/h3-7,9-10H,8H2,1-2H3,(H,18,20). The van der Waals surface area contributed by atoms with E-state index in [4.69, 9.17) is 0 Å². The highest BCUT2D eigenvalue weighted by Gasteiger charge is 2.18. The van der Waals surface area contributed by atoms with Crippen LogP contribution in [0.3, 0.4) is 0 Å². The molecule has 2 aromatic carbocycles. The van der Waals surface area contributed by atoms with E-state index in [-0.39, 0.29) is 11.8 Å². The second-order valence-electron chi connectivity index (χ2n) is 5.39. The van der Waals surface area contributed by atoms with Crippen molar-refractivity contribution in [1.29, 1.82) is 0 Å². The first-order valence-electron chi connectivity index (χ1n) is 6.79. The molecule has 0 heterocycles. The van der Waals surface area contributed by atoms with Gasteiger partial charge < -0.3 is 10.2 Å². The lowest BCUT2D eigenvalue weighted by Crippen LogP contribution is -2.21. The van der Waals surface area contributed by atoms with E-state index in [1.165, 1.54) is 16.0 Å². The van der Waals surface area contributed by atoms with Crippen molar-refractivity contribution in [1.82, 2.24) is 4.90 Å². The summed E-state index contributed by atoms with van der Waals surface area (Å²) in [5, 5.41) is 2.83. The molecule has 21 heavy (non-hydrogen) atoms. The van der Waals surface area contributed by atoms with Gasteiger partial charge in [-0.3, -0.25) is 9.59 Å². The maximum atomic E-state index is 12.2. The van der Waals surface area contributed by atoms with Crippen LogP contribution in [0.25, 0.3) is 0 Å². The molecule has 4 nitrogen and oxygen atoms in total. The fraction of sp³-hybridized carbons (Fsp3) is 0.176. The number of rotatable bonds is 3. The number of anilines is 1. The largest absolute Gasteiger partial charge is 0.345 e. The van der Waals surface area contributed by atoms with Crippen LogP contribution in [0.5, 0.6) is 0 Å². The van der Waals surface area contributed by atoms with Crippen LogP contribution in [0.15, 0.2) is 42.5 Å². The molecule has 0 fully saturated rings. The van der Waals surface area contributed by atoms with Crippen LogP contribution in [0, 0.1) is 0 Å². The predicted octanol–water partition coefficient (Wildman–Crippen LogP) is 2.54. The van der Waals surface area contributed by atoms with E-state index in [9.17, 15) is 9.59 Å². The summed E-state index contributed by atoms with van der Waals surface area (Å²) < 4.78 is 0. The predicted molar refractivity (Wildman–Crippen MR) is 81.7 cm³/mol. The molecule has 2 amide bonds. The van der Waals surface area contributed by atoms with Crippen molar-refractivity contribution in [3.63, 3.8) is 0 Å². The van der Waals surface area contributed by atoms with Crippen molar-refractivity contribution in [2.75, 3.05) is 19.4 Å². The van der Waals surface area contributed by atoms with Crippen LogP contribution >= 0.6 is 0 Å². The van der Waals surface area contributed by atoms with E-state index in [0.29, 0.717) is 16.8 Å². The van der Waals surface area contributed by atoms with Gasteiger partial charge in [-0.25, -0.2) is 0 Å². The molecule has 0 unspecified atom stereocenters. The highest BCUT2D eigenvalue weighted by atomic mass is 16.2. The Morgan fingerprint density at radius 3 is 2.52 bits per heavy atom. The molecular weight excluding hydrogens is 264 g/mol. The Balaban J connectivity index is 1.77. The van der Waals surface area contributed by atoms with Crippen molar-refractivity contribution in [2.24, 2.45) is 0 Å². The molecule has 3 rings (SSSR count). The van der Waals surface area contributed by atoms with Gasteiger partial charge in [-0.15, -0.1) is 0 Å². The maximum absolute atomic E-state index is 12.2. The highest BCUT2D eigenvalue weighted by Crippen LogP contribution is 2.28. The average molecular weight is 280 g/mol. The second kappa shape index (κ2) is 5.05. The molecule has 0 radical (unpaired) electrons. The number of hydrogen-bond donors (Lipinski definition) is 1. The van der Waals surface area contributed by atoms with Gasteiger partial charge in [0.25, 0.3) is 11.8 Å². The van der Waals surface area contributed by atoms with Crippen molar-refractivity contribution >= 4 is 17.5 Å². The lowest BCUT2D eigenvalue weighted by atomic mass is 10.1. The summed E-state index contributed by atoms with van der Waals surface area (Å²) >= 11 is 0. The third-order valence-electron chi connectivity index (χ3n) is 3.50. The minimum Gasteiger partial charge on any atom is -0.345 e. The number of nitrogens with zero attached hydrogens (tertiary/aromatic N) is 1. The Kier molecular flexibility index (Phi) is 3.22. The molecule has 1 N–H and O–H groups in total. The molecule has 0 aliphatic heterocycles. The number of amides is 2. The average Bonchev–Trinajstić information content (AvgIpc) is 3.24. The summed E-state index contributed by atoms with van der Waals surface area (Å²) in [6.45, 7) is 0. The molecule has 0 atom stereocenters. The minimum atomic E-state index is -0.154. The zero-order valence-electron chi connectivity index (χ0n) is 12.0. The first-order valence-corrected chi connectivity index (χ1v) is 6.79. The first-order chi connectivity index (χ1) is 10.0. The number of benzene rings is 2. The van der Waals surface area contributed by atoms with Crippen LogP contribution in [0.4, 0.5) is 5.69 Å². The highest BCUT2D eigenvalue weighted by molar-refractivity contribution is 6.05. The van der Waals surface area contributed by atoms with E-state index in [2.05, 4.69) is 5.32 Å². The summed E-state index contributed by atoms with van der Waals surface area (Å²) in [7, 11) is 3.40. The van der Waals surface area contributed by atoms with Gasteiger partial charge >= 0.3 is 0 Å². The van der Waals surface area contributed by atoms with Crippen molar-refractivity contribution < 1.29 is 9.59 Å². The van der Waals surface area contributed by atoms with Gasteiger partial charge in [0, 0.05) is 30.9 Å². The lowest BCUT2D eigenvalue weighted by molar-refractivity contribution is 0.0827. The Morgan fingerprint density at radius 1 is 1.00 bits per heavy atom. The SMILES string of the molecule is CN(C)C(=O)c1cccc(NC(=O)c2ccc3c(c2)C3)c1. The third-order valence-corrected chi connectivity index (χ3v) is 3.50. The van der Waals surface area contributed by atoms with E-state index in [1.54, 1.807) is 38.4 Å². The monoisotopic (exact) mass is 280 g/mol. The van der Waals surface area contributed by atoms with Crippen molar-refractivity contribution in [3.05, 3.63) is 64.7 Å². The van der Waals surface area contributed by atoms with Gasteiger partial charge in [0.1, 0.15) is 0 Å². The molecule has 0 saturated carbocycles. The first kappa shape index (κ1) is 13.4. The van der Waals surface area contributed by atoms with Gasteiger partial charge in [-0.2, -0.15) is 0 Å². The third kappa shape index (κ3) is 2.79. The molecule has 0 aromatic heterocycles.